The number of aromatic nitrogens is 2. The van der Waals surface area contributed by atoms with Crippen molar-refractivity contribution in [1.82, 2.24) is 9.97 Å². The van der Waals surface area contributed by atoms with Gasteiger partial charge in [-0.1, -0.05) is 36.8 Å². The molecule has 7 heteroatoms. The highest BCUT2D eigenvalue weighted by Gasteiger charge is 2.23. The minimum Gasteiger partial charge on any atom is -0.494 e. The smallest absolute Gasteiger partial charge is 0.260 e. The molecule has 4 aromatic rings. The van der Waals surface area contributed by atoms with Crippen LogP contribution in [0.15, 0.2) is 66.9 Å². The highest BCUT2D eigenvalue weighted by Crippen LogP contribution is 2.35. The largest absolute Gasteiger partial charge is 0.494 e. The Morgan fingerprint density at radius 3 is 2.58 bits per heavy atom. The van der Waals surface area contributed by atoms with E-state index >= 15 is 0 Å². The summed E-state index contributed by atoms with van der Waals surface area (Å²) in [6.45, 7) is 5.61. The molecule has 2 aromatic heterocycles. The Balaban J connectivity index is 1.66. The number of thiazole rings is 1. The molecule has 2 heterocycles. The Morgan fingerprint density at radius 1 is 1.00 bits per heavy atom. The van der Waals surface area contributed by atoms with Gasteiger partial charge in [-0.3, -0.25) is 14.7 Å². The molecule has 0 aliphatic rings. The number of hydrogen-bond acceptors (Lipinski definition) is 6. The van der Waals surface area contributed by atoms with Crippen molar-refractivity contribution in [1.29, 1.82) is 0 Å². The first-order valence-electron chi connectivity index (χ1n) is 11.2. The van der Waals surface area contributed by atoms with Crippen molar-refractivity contribution in [3.05, 3.63) is 78.1 Å². The Morgan fingerprint density at radius 2 is 1.85 bits per heavy atom. The molecule has 0 bridgehead atoms. The summed E-state index contributed by atoms with van der Waals surface area (Å²) in [6.07, 6.45) is 3.80. The first-order valence-corrected chi connectivity index (χ1v) is 12.0. The van der Waals surface area contributed by atoms with Crippen LogP contribution in [0.4, 0.5) is 5.13 Å². The third-order valence-electron chi connectivity index (χ3n) is 5.06. The van der Waals surface area contributed by atoms with Crippen molar-refractivity contribution in [2.75, 3.05) is 18.1 Å². The average Bonchev–Trinajstić information content (AvgIpc) is 3.29. The molecule has 33 heavy (non-hydrogen) atoms. The minimum absolute atomic E-state index is 0.141. The van der Waals surface area contributed by atoms with E-state index in [4.69, 9.17) is 14.5 Å². The zero-order valence-corrected chi connectivity index (χ0v) is 19.7. The van der Waals surface area contributed by atoms with Crippen molar-refractivity contribution < 1.29 is 14.3 Å². The van der Waals surface area contributed by atoms with E-state index in [1.807, 2.05) is 55.5 Å². The zero-order valence-electron chi connectivity index (χ0n) is 18.9. The molecule has 2 aromatic carbocycles. The lowest BCUT2D eigenvalue weighted by atomic mass is 10.2. The first-order chi connectivity index (χ1) is 16.2. The van der Waals surface area contributed by atoms with Crippen LogP contribution in [-0.4, -0.2) is 29.1 Å². The number of benzene rings is 2. The number of rotatable bonds is 10. The van der Waals surface area contributed by atoms with Gasteiger partial charge in [-0.2, -0.15) is 0 Å². The average molecular weight is 462 g/mol. The molecule has 0 spiro atoms. The second kappa shape index (κ2) is 10.9. The van der Waals surface area contributed by atoms with Crippen molar-refractivity contribution in [3.63, 3.8) is 0 Å². The van der Waals surface area contributed by atoms with Crippen LogP contribution in [0.25, 0.3) is 10.2 Å². The predicted octanol–water partition coefficient (Wildman–Crippen LogP) is 6.12. The number of amides is 1. The van der Waals surface area contributed by atoms with E-state index < -0.39 is 0 Å². The van der Waals surface area contributed by atoms with Crippen LogP contribution in [0.5, 0.6) is 11.5 Å². The summed E-state index contributed by atoms with van der Waals surface area (Å²) in [7, 11) is 0. The fourth-order valence-corrected chi connectivity index (χ4v) is 4.34. The molecule has 6 nitrogen and oxygen atoms in total. The number of carbonyl (C=O) groups excluding carboxylic acids is 1. The summed E-state index contributed by atoms with van der Waals surface area (Å²) < 4.78 is 12.4. The van der Waals surface area contributed by atoms with Gasteiger partial charge >= 0.3 is 0 Å². The first kappa shape index (κ1) is 22.7. The number of pyridine rings is 1. The molecule has 0 unspecified atom stereocenters. The predicted molar refractivity (Wildman–Crippen MR) is 132 cm³/mol. The molecule has 0 aliphatic heterocycles. The minimum atomic E-state index is -0.141. The third kappa shape index (κ3) is 5.49. The molecular formula is C26H27N3O3S. The van der Waals surface area contributed by atoms with E-state index in [0.717, 1.165) is 40.3 Å². The lowest BCUT2D eigenvalue weighted by molar-refractivity contribution is 0.0984. The fraction of sp³-hybridized carbons (Fsp3) is 0.269. The van der Waals surface area contributed by atoms with Crippen LogP contribution in [-0.2, 0) is 6.54 Å². The third-order valence-corrected chi connectivity index (χ3v) is 6.10. The standard InChI is InChI=1S/C26H27N3O3S/c1-3-5-17-32-21-14-12-19(13-15-21)25(30)29(18-20-9-6-7-16-27-20)26-28-24-22(31-4-2)10-8-11-23(24)33-26/h6-16H,3-5,17-18H2,1-2H3. The molecule has 0 fully saturated rings. The van der Waals surface area contributed by atoms with Crippen LogP contribution < -0.4 is 14.4 Å². The zero-order chi connectivity index (χ0) is 23.0. The van der Waals surface area contributed by atoms with Crippen molar-refractivity contribution in [3.8, 4) is 11.5 Å². The molecule has 0 radical (unpaired) electrons. The quantitative estimate of drug-likeness (QED) is 0.266. The summed E-state index contributed by atoms with van der Waals surface area (Å²) in [5.41, 5.74) is 2.12. The molecule has 1 amide bonds. The van der Waals surface area contributed by atoms with Crippen LogP contribution in [0.3, 0.4) is 0 Å². The van der Waals surface area contributed by atoms with Gasteiger partial charge in [-0.15, -0.1) is 0 Å². The highest BCUT2D eigenvalue weighted by atomic mass is 32.1. The summed E-state index contributed by atoms with van der Waals surface area (Å²) in [5, 5.41) is 0.607. The second-order valence-electron chi connectivity index (χ2n) is 7.47. The van der Waals surface area contributed by atoms with Gasteiger partial charge < -0.3 is 9.47 Å². The monoisotopic (exact) mass is 461 g/mol. The maximum Gasteiger partial charge on any atom is 0.260 e. The number of nitrogens with zero attached hydrogens (tertiary/aromatic N) is 3. The Kier molecular flexibility index (Phi) is 7.52. The number of para-hydroxylation sites is 1. The van der Waals surface area contributed by atoms with Crippen molar-refractivity contribution >= 4 is 32.6 Å². The van der Waals surface area contributed by atoms with Gasteiger partial charge in [-0.05, 0) is 61.9 Å². The fourth-order valence-electron chi connectivity index (χ4n) is 3.36. The number of carbonyl (C=O) groups is 1. The van der Waals surface area contributed by atoms with Crippen LogP contribution in [0.1, 0.15) is 42.7 Å². The van der Waals surface area contributed by atoms with Gasteiger partial charge in [0.25, 0.3) is 5.91 Å². The van der Waals surface area contributed by atoms with E-state index in [0.29, 0.717) is 30.5 Å². The van der Waals surface area contributed by atoms with Gasteiger partial charge in [0.15, 0.2) is 5.13 Å². The summed E-state index contributed by atoms with van der Waals surface area (Å²) in [5.74, 6) is 1.34. The molecule has 0 saturated carbocycles. The van der Waals surface area contributed by atoms with Gasteiger partial charge in [0, 0.05) is 11.8 Å². The number of fused-ring (bicyclic) bond motifs is 1. The lowest BCUT2D eigenvalue weighted by Crippen LogP contribution is -2.30. The molecule has 0 atom stereocenters. The lowest BCUT2D eigenvalue weighted by Gasteiger charge is -2.20. The van der Waals surface area contributed by atoms with Gasteiger partial charge in [0.05, 0.1) is 30.2 Å². The Hall–Kier alpha value is -3.45. The second-order valence-corrected chi connectivity index (χ2v) is 8.48. The summed E-state index contributed by atoms with van der Waals surface area (Å²) in [6, 6.07) is 18.8. The summed E-state index contributed by atoms with van der Waals surface area (Å²) >= 11 is 1.47. The van der Waals surface area contributed by atoms with Gasteiger partial charge in [-0.25, -0.2) is 4.98 Å². The Labute approximate surface area is 197 Å². The summed E-state index contributed by atoms with van der Waals surface area (Å²) in [4.78, 5) is 24.5. The number of unbranched alkanes of at least 4 members (excludes halogenated alkanes) is 1. The van der Waals surface area contributed by atoms with Crippen LogP contribution >= 0.6 is 11.3 Å². The van der Waals surface area contributed by atoms with Crippen LogP contribution in [0, 0.1) is 0 Å². The maximum atomic E-state index is 13.6. The molecule has 170 valence electrons. The SMILES string of the molecule is CCCCOc1ccc(C(=O)N(Cc2ccccn2)c2nc3c(OCC)cccc3s2)cc1. The van der Waals surface area contributed by atoms with Crippen molar-refractivity contribution in [2.45, 2.75) is 33.2 Å². The number of hydrogen-bond donors (Lipinski definition) is 0. The number of ether oxygens (including phenoxy) is 2. The maximum absolute atomic E-state index is 13.6. The van der Waals surface area contributed by atoms with Crippen LogP contribution in [0.2, 0.25) is 0 Å². The highest BCUT2D eigenvalue weighted by molar-refractivity contribution is 7.22. The topological polar surface area (TPSA) is 64.5 Å². The number of anilines is 1. The van der Waals surface area contributed by atoms with E-state index in [2.05, 4.69) is 11.9 Å². The molecule has 4 rings (SSSR count). The molecule has 0 N–H and O–H groups in total. The molecular weight excluding hydrogens is 434 g/mol. The van der Waals surface area contributed by atoms with Gasteiger partial charge in [0.1, 0.15) is 17.0 Å². The van der Waals surface area contributed by atoms with E-state index in [1.165, 1.54) is 11.3 Å². The van der Waals surface area contributed by atoms with E-state index in [-0.39, 0.29) is 5.91 Å². The van der Waals surface area contributed by atoms with Gasteiger partial charge in [0.2, 0.25) is 0 Å². The Bertz CT molecular complexity index is 1190. The van der Waals surface area contributed by atoms with E-state index in [9.17, 15) is 4.79 Å². The molecule has 0 saturated heterocycles. The molecule has 0 aliphatic carbocycles. The normalized spacial score (nSPS) is 10.8. The van der Waals surface area contributed by atoms with E-state index in [1.54, 1.807) is 23.2 Å². The van der Waals surface area contributed by atoms with Crippen molar-refractivity contribution in [2.24, 2.45) is 0 Å².